The molecule has 0 bridgehead atoms. The number of fused-ring (bicyclic) bond motifs is 3. The number of carbonyl (C=O) groups excluding carboxylic acids is 2. The van der Waals surface area contributed by atoms with Crippen LogP contribution in [0.2, 0.25) is 5.02 Å². The van der Waals surface area contributed by atoms with Gasteiger partial charge in [0.05, 0.1) is 64.6 Å². The van der Waals surface area contributed by atoms with Crippen LogP contribution in [0.15, 0.2) is 75.7 Å². The van der Waals surface area contributed by atoms with Gasteiger partial charge in [0.25, 0.3) is 5.91 Å². The predicted molar refractivity (Wildman–Crippen MR) is 304 cm³/mol. The van der Waals surface area contributed by atoms with E-state index in [1.807, 2.05) is 69.3 Å². The Balaban J connectivity index is 0.763. The standard InChI is InChI=1S/C55H60Br2ClIN8O7/c1-55(2,3)74-54(69)67-22-21-66(32-38(67)15-17-60)51-40-16-20-65(48-12-5-9-36-8-4-11-45(58)49(36)48)33-47(40)62-53(63-51)73-34-39-10-6-18-64(39)19-7-23-70-24-25-71-26-27-72-50-43(56)29-35(30-44(50)57)28-42-41-31-37(59)13-14-46(41)61-52(42)68/h4-5,8-9,11-14,28-31,38-39H,6-7,10,15-16,18-27,32-34H2,1-3H3,(H,61,68). The molecule has 2 saturated heterocycles. The van der Waals surface area contributed by atoms with Crippen molar-refractivity contribution in [1.82, 2.24) is 19.8 Å². The maximum Gasteiger partial charge on any atom is 0.410 e. The van der Waals surface area contributed by atoms with E-state index >= 15 is 0 Å². The van der Waals surface area contributed by atoms with Crippen LogP contribution in [0.25, 0.3) is 22.4 Å². The van der Waals surface area contributed by atoms with Crippen molar-refractivity contribution in [3.8, 4) is 17.8 Å². The first kappa shape index (κ1) is 54.1. The highest BCUT2D eigenvalue weighted by Gasteiger charge is 2.36. The lowest BCUT2D eigenvalue weighted by molar-refractivity contribution is -0.110. The fraction of sp³-hybridized carbons (Fsp3) is 0.436. The second-order valence-corrected chi connectivity index (χ2v) is 23.1. The van der Waals surface area contributed by atoms with Gasteiger partial charge in [-0.25, -0.2) is 4.79 Å². The number of hydrogen-bond acceptors (Lipinski definition) is 13. The Bertz CT molecular complexity index is 2930. The van der Waals surface area contributed by atoms with Crippen LogP contribution in [0, 0.1) is 14.9 Å². The Morgan fingerprint density at radius 1 is 0.932 bits per heavy atom. The van der Waals surface area contributed by atoms with Gasteiger partial charge in [-0.2, -0.15) is 15.2 Å². The molecule has 4 aliphatic heterocycles. The third-order valence-corrected chi connectivity index (χ3v) is 15.7. The number of hydrogen-bond donors (Lipinski definition) is 1. The van der Waals surface area contributed by atoms with Crippen LogP contribution >= 0.6 is 66.1 Å². The summed E-state index contributed by atoms with van der Waals surface area (Å²) < 4.78 is 32.8. The van der Waals surface area contributed by atoms with Crippen LogP contribution in [-0.4, -0.2) is 128 Å². The molecule has 2 unspecified atom stereocenters. The Kier molecular flexibility index (Phi) is 17.9. The van der Waals surface area contributed by atoms with Crippen molar-refractivity contribution in [3.05, 3.63) is 107 Å². The van der Waals surface area contributed by atoms with Crippen molar-refractivity contribution < 1.29 is 33.3 Å². The second-order valence-electron chi connectivity index (χ2n) is 19.8. The van der Waals surface area contributed by atoms with Crippen molar-refractivity contribution in [3.63, 3.8) is 0 Å². The Hall–Kier alpha value is -4.75. The average Bonchev–Trinajstić information content (AvgIpc) is 3.95. The number of piperazine rings is 1. The highest BCUT2D eigenvalue weighted by atomic mass is 127. The third-order valence-electron chi connectivity index (χ3n) is 13.5. The highest BCUT2D eigenvalue weighted by molar-refractivity contribution is 14.1. The first-order chi connectivity index (χ1) is 35.7. The second kappa shape index (κ2) is 24.5. The van der Waals surface area contributed by atoms with Crippen LogP contribution in [0.3, 0.4) is 0 Å². The molecule has 2 atom stereocenters. The fourth-order valence-corrected chi connectivity index (χ4v) is 12.3. The lowest BCUT2D eigenvalue weighted by atomic mass is 10.0. The molecule has 1 N–H and O–H groups in total. The zero-order chi connectivity index (χ0) is 51.9. The Labute approximate surface area is 468 Å². The van der Waals surface area contributed by atoms with E-state index < -0.39 is 11.7 Å². The molecule has 5 aromatic rings. The van der Waals surface area contributed by atoms with Crippen LogP contribution in [-0.2, 0) is 32.0 Å². The monoisotopic (exact) mass is 1260 g/mol. The minimum absolute atomic E-state index is 0.122. The number of aromatic nitrogens is 2. The molecule has 74 heavy (non-hydrogen) atoms. The summed E-state index contributed by atoms with van der Waals surface area (Å²) in [5.74, 6) is 1.34. The van der Waals surface area contributed by atoms with Gasteiger partial charge in [-0.1, -0.05) is 35.9 Å². The van der Waals surface area contributed by atoms with Crippen LogP contribution in [0.5, 0.6) is 11.8 Å². The number of amides is 2. The van der Waals surface area contributed by atoms with Crippen molar-refractivity contribution in [2.45, 2.75) is 77.1 Å². The normalized spacial score (nSPS) is 18.4. The number of ether oxygens (including phenoxy) is 5. The van der Waals surface area contributed by atoms with Crippen molar-refractivity contribution in [2.75, 3.05) is 94.0 Å². The summed E-state index contributed by atoms with van der Waals surface area (Å²) in [6, 6.07) is 24.5. The number of nitrogens with zero attached hydrogens (tertiary/aromatic N) is 7. The molecule has 0 spiro atoms. The van der Waals surface area contributed by atoms with E-state index in [1.54, 1.807) is 4.90 Å². The Morgan fingerprint density at radius 3 is 2.49 bits per heavy atom. The van der Waals surface area contributed by atoms with E-state index in [4.69, 9.17) is 45.3 Å². The van der Waals surface area contributed by atoms with Crippen molar-refractivity contribution >= 4 is 118 Å². The van der Waals surface area contributed by atoms with Gasteiger partial charge in [-0.15, -0.1) is 0 Å². The summed E-state index contributed by atoms with van der Waals surface area (Å²) in [6.07, 6.45) is 5.30. The summed E-state index contributed by atoms with van der Waals surface area (Å²) in [5.41, 5.74) is 5.54. The largest absolute Gasteiger partial charge is 0.489 e. The van der Waals surface area contributed by atoms with Crippen molar-refractivity contribution in [2.24, 2.45) is 0 Å². The molecule has 0 aliphatic carbocycles. The number of nitrogens with one attached hydrogen (secondary N) is 1. The number of nitriles is 1. The van der Waals surface area contributed by atoms with Gasteiger partial charge in [0.1, 0.15) is 30.4 Å². The number of likely N-dealkylation sites (tertiary alicyclic amines) is 1. The summed E-state index contributed by atoms with van der Waals surface area (Å²) in [5, 5.41) is 15.6. The average molecular weight is 1270 g/mol. The molecule has 15 nitrogen and oxygen atoms in total. The molecule has 1 aromatic heterocycles. The van der Waals surface area contributed by atoms with Crippen LogP contribution < -0.4 is 24.6 Å². The van der Waals surface area contributed by atoms with E-state index in [1.165, 1.54) is 0 Å². The number of anilines is 3. The summed E-state index contributed by atoms with van der Waals surface area (Å²) in [4.78, 5) is 44.9. The molecule has 19 heteroatoms. The molecular weight excluding hydrogens is 1210 g/mol. The lowest BCUT2D eigenvalue weighted by Crippen LogP contribution is -2.56. The van der Waals surface area contributed by atoms with Gasteiger partial charge in [0.15, 0.2) is 0 Å². The minimum Gasteiger partial charge on any atom is -0.489 e. The first-order valence-electron chi connectivity index (χ1n) is 25.1. The van der Waals surface area contributed by atoms with Gasteiger partial charge < -0.3 is 43.7 Å². The van der Waals surface area contributed by atoms with Gasteiger partial charge in [-0.05, 0) is 167 Å². The third kappa shape index (κ3) is 13.1. The zero-order valence-electron chi connectivity index (χ0n) is 41.8. The topological polar surface area (TPSA) is 155 Å². The summed E-state index contributed by atoms with van der Waals surface area (Å²) >= 11 is 16.4. The highest BCUT2D eigenvalue weighted by Crippen LogP contribution is 2.40. The van der Waals surface area contributed by atoms with Gasteiger partial charge in [0.2, 0.25) is 0 Å². The number of carbonyl (C=O) groups is 2. The molecule has 0 saturated carbocycles. The fourth-order valence-electron chi connectivity index (χ4n) is 10.1. The molecular formula is C55H60Br2ClIN8O7. The minimum atomic E-state index is -0.653. The van der Waals surface area contributed by atoms with Crippen molar-refractivity contribution in [1.29, 1.82) is 5.26 Å². The van der Waals surface area contributed by atoms with E-state index in [-0.39, 0.29) is 24.4 Å². The van der Waals surface area contributed by atoms with Crippen LogP contribution in [0.1, 0.15) is 68.8 Å². The smallest absolute Gasteiger partial charge is 0.410 e. The molecule has 0 radical (unpaired) electrons. The Morgan fingerprint density at radius 2 is 1.70 bits per heavy atom. The first-order valence-corrected chi connectivity index (χ1v) is 28.2. The summed E-state index contributed by atoms with van der Waals surface area (Å²) in [6.45, 7) is 12.8. The van der Waals surface area contributed by atoms with Gasteiger partial charge in [0, 0.05) is 82.4 Å². The number of rotatable bonds is 18. The number of benzene rings is 4. The SMILES string of the molecule is CC(C)(C)OC(=O)N1CCN(c2nc(OCC3CCCN3CCCOCCOCCOc3c(Br)cc(C=C4C(=O)Nc5ccc(I)cc54)cc3Br)nc3c2CCN(c2cccc4cccc(Cl)c24)C3)CC1CC#N. The quantitative estimate of drug-likeness (QED) is 0.0503. The van der Waals surface area contributed by atoms with E-state index in [2.05, 4.69) is 105 Å². The van der Waals surface area contributed by atoms with E-state index in [0.717, 1.165) is 102 Å². The molecule has 4 aromatic carbocycles. The summed E-state index contributed by atoms with van der Waals surface area (Å²) in [7, 11) is 0. The molecule has 5 heterocycles. The maximum absolute atomic E-state index is 13.3. The molecule has 2 amide bonds. The van der Waals surface area contributed by atoms with Gasteiger partial charge in [-0.3, -0.25) is 9.69 Å². The molecule has 9 rings (SSSR count). The van der Waals surface area contributed by atoms with Gasteiger partial charge >= 0.3 is 12.1 Å². The number of halogens is 4. The zero-order valence-corrected chi connectivity index (χ0v) is 47.9. The van der Waals surface area contributed by atoms with Crippen LogP contribution in [0.4, 0.5) is 22.0 Å². The molecule has 4 aliphatic rings. The lowest BCUT2D eigenvalue weighted by Gasteiger charge is -2.42. The molecule has 2 fully saturated rings. The maximum atomic E-state index is 13.3. The molecule has 390 valence electrons. The predicted octanol–water partition coefficient (Wildman–Crippen LogP) is 11.2. The van der Waals surface area contributed by atoms with E-state index in [9.17, 15) is 14.9 Å². The van der Waals surface area contributed by atoms with E-state index in [0.29, 0.717) is 94.6 Å².